The minimum Gasteiger partial charge on any atom is -0.374 e. The molecule has 0 aliphatic heterocycles. The molecule has 0 bridgehead atoms. The fourth-order valence-electron chi connectivity index (χ4n) is 0.800. The Balaban J connectivity index is 3.23. The van der Waals surface area contributed by atoms with Crippen LogP contribution in [0.25, 0.3) is 0 Å². The van der Waals surface area contributed by atoms with Crippen LogP contribution in [0.1, 0.15) is 13.3 Å². The molecule has 0 fully saturated rings. The van der Waals surface area contributed by atoms with Gasteiger partial charge in [-0.1, -0.05) is 0 Å². The van der Waals surface area contributed by atoms with Crippen LogP contribution in [0.2, 0.25) is 0 Å². The van der Waals surface area contributed by atoms with E-state index in [4.69, 9.17) is 5.73 Å². The monoisotopic (exact) mass is 210 g/mol. The third-order valence-corrected chi connectivity index (χ3v) is 1.32. The molecule has 4 nitrogen and oxygen atoms in total. The molecule has 0 aromatic heterocycles. The molecule has 0 radical (unpaired) electrons. The van der Waals surface area contributed by atoms with Crippen molar-refractivity contribution in [1.82, 2.24) is 5.32 Å². The molecule has 0 aromatic rings. The number of nitrogens with two attached hydrogens (primary N) is 1. The van der Waals surface area contributed by atoms with E-state index in [9.17, 15) is 13.6 Å². The summed E-state index contributed by atoms with van der Waals surface area (Å²) in [6, 6.07) is -0.197. The van der Waals surface area contributed by atoms with Gasteiger partial charge in [0.1, 0.15) is 6.61 Å². The molecule has 0 aromatic carbocycles. The number of ether oxygens (including phenoxy) is 1. The van der Waals surface area contributed by atoms with Crippen LogP contribution < -0.4 is 11.1 Å². The predicted octanol–water partition coefficient (Wildman–Crippen LogP) is 0.122. The molecule has 0 rings (SSSR count). The molecule has 0 aliphatic rings. The summed E-state index contributed by atoms with van der Waals surface area (Å²) >= 11 is 0. The summed E-state index contributed by atoms with van der Waals surface area (Å²) in [6.07, 6.45) is -2.23. The highest BCUT2D eigenvalue weighted by Gasteiger charge is 2.04. The molecule has 14 heavy (non-hydrogen) atoms. The molecular formula is C8H16F2N2O2. The van der Waals surface area contributed by atoms with Gasteiger partial charge in [-0.2, -0.15) is 0 Å². The van der Waals surface area contributed by atoms with E-state index in [1.165, 1.54) is 0 Å². The van der Waals surface area contributed by atoms with Gasteiger partial charge in [0.25, 0.3) is 6.43 Å². The lowest BCUT2D eigenvalue weighted by Crippen LogP contribution is -2.32. The van der Waals surface area contributed by atoms with Crippen LogP contribution >= 0.6 is 0 Å². The number of halogens is 2. The van der Waals surface area contributed by atoms with E-state index < -0.39 is 13.0 Å². The van der Waals surface area contributed by atoms with Crippen LogP contribution in [0, 0.1) is 0 Å². The van der Waals surface area contributed by atoms with Crippen LogP contribution in [-0.2, 0) is 9.53 Å². The van der Waals surface area contributed by atoms with Crippen molar-refractivity contribution < 1.29 is 18.3 Å². The molecular weight excluding hydrogens is 194 g/mol. The third-order valence-electron chi connectivity index (χ3n) is 1.32. The van der Waals surface area contributed by atoms with E-state index in [-0.39, 0.29) is 31.5 Å². The van der Waals surface area contributed by atoms with Crippen molar-refractivity contribution in [3.63, 3.8) is 0 Å². The number of hydrogen-bond acceptors (Lipinski definition) is 3. The number of hydrogen-bond donors (Lipinski definition) is 2. The molecule has 84 valence electrons. The normalized spacial score (nSPS) is 12.9. The zero-order valence-corrected chi connectivity index (χ0v) is 8.13. The van der Waals surface area contributed by atoms with Crippen molar-refractivity contribution in [2.45, 2.75) is 25.8 Å². The zero-order chi connectivity index (χ0) is 11.0. The lowest BCUT2D eigenvalue weighted by atomic mass is 10.2. The van der Waals surface area contributed by atoms with Crippen LogP contribution in [0.3, 0.4) is 0 Å². The molecule has 1 atom stereocenters. The predicted molar refractivity (Wildman–Crippen MR) is 48.1 cm³/mol. The molecule has 0 heterocycles. The van der Waals surface area contributed by atoms with Crippen LogP contribution in [0.4, 0.5) is 8.78 Å². The molecule has 0 saturated carbocycles. The molecule has 0 spiro atoms. The summed E-state index contributed by atoms with van der Waals surface area (Å²) in [5, 5.41) is 2.50. The third kappa shape index (κ3) is 9.34. The number of carbonyl (C=O) groups is 1. The fourth-order valence-corrected chi connectivity index (χ4v) is 0.800. The molecule has 0 aliphatic carbocycles. The number of carbonyl (C=O) groups excluding carboxylic acids is 1. The van der Waals surface area contributed by atoms with E-state index in [0.29, 0.717) is 0 Å². The van der Waals surface area contributed by atoms with Crippen molar-refractivity contribution in [3.8, 4) is 0 Å². The maximum Gasteiger partial charge on any atom is 0.261 e. The second-order valence-electron chi connectivity index (χ2n) is 3.00. The van der Waals surface area contributed by atoms with Crippen molar-refractivity contribution in [3.05, 3.63) is 0 Å². The average molecular weight is 210 g/mol. The Morgan fingerprint density at radius 2 is 2.21 bits per heavy atom. The highest BCUT2D eigenvalue weighted by molar-refractivity contribution is 5.76. The first-order chi connectivity index (χ1) is 6.52. The van der Waals surface area contributed by atoms with E-state index in [1.54, 1.807) is 6.92 Å². The van der Waals surface area contributed by atoms with Gasteiger partial charge in [-0.25, -0.2) is 8.78 Å². The Hall–Kier alpha value is -0.750. The summed E-state index contributed by atoms with van der Waals surface area (Å²) in [7, 11) is 0. The van der Waals surface area contributed by atoms with Gasteiger partial charge in [0.05, 0.1) is 6.61 Å². The van der Waals surface area contributed by atoms with Crippen molar-refractivity contribution >= 4 is 5.91 Å². The number of rotatable bonds is 7. The van der Waals surface area contributed by atoms with E-state index in [0.717, 1.165) is 0 Å². The van der Waals surface area contributed by atoms with Gasteiger partial charge in [0.2, 0.25) is 5.91 Å². The molecule has 1 unspecified atom stereocenters. The highest BCUT2D eigenvalue weighted by Crippen LogP contribution is 1.91. The van der Waals surface area contributed by atoms with Crippen LogP contribution in [0.5, 0.6) is 0 Å². The van der Waals surface area contributed by atoms with E-state index >= 15 is 0 Å². The molecule has 1 amide bonds. The van der Waals surface area contributed by atoms with Gasteiger partial charge in [-0.05, 0) is 6.92 Å². The van der Waals surface area contributed by atoms with Gasteiger partial charge >= 0.3 is 0 Å². The van der Waals surface area contributed by atoms with E-state index in [1.807, 2.05) is 0 Å². The second-order valence-corrected chi connectivity index (χ2v) is 3.00. The minimum absolute atomic E-state index is 0.0923. The highest BCUT2D eigenvalue weighted by atomic mass is 19.3. The second kappa shape index (κ2) is 7.64. The van der Waals surface area contributed by atoms with Gasteiger partial charge in [0, 0.05) is 19.0 Å². The lowest BCUT2D eigenvalue weighted by molar-refractivity contribution is -0.121. The van der Waals surface area contributed by atoms with Gasteiger partial charge in [-0.15, -0.1) is 0 Å². The van der Waals surface area contributed by atoms with Gasteiger partial charge in [0.15, 0.2) is 0 Å². The van der Waals surface area contributed by atoms with E-state index in [2.05, 4.69) is 10.1 Å². The summed E-state index contributed by atoms with van der Waals surface area (Å²) in [4.78, 5) is 11.0. The summed E-state index contributed by atoms with van der Waals surface area (Å²) in [6.45, 7) is 1.45. The molecule has 6 heteroatoms. The van der Waals surface area contributed by atoms with Crippen molar-refractivity contribution in [2.75, 3.05) is 19.8 Å². The van der Waals surface area contributed by atoms with Crippen molar-refractivity contribution in [1.29, 1.82) is 0 Å². The van der Waals surface area contributed by atoms with Gasteiger partial charge < -0.3 is 15.8 Å². The quantitative estimate of drug-likeness (QED) is 0.587. The Bertz CT molecular complexity index is 165. The number of nitrogens with one attached hydrogen (secondary N) is 1. The van der Waals surface area contributed by atoms with Gasteiger partial charge in [-0.3, -0.25) is 4.79 Å². The maximum absolute atomic E-state index is 11.6. The zero-order valence-electron chi connectivity index (χ0n) is 8.13. The largest absolute Gasteiger partial charge is 0.374 e. The lowest BCUT2D eigenvalue weighted by Gasteiger charge is -2.07. The van der Waals surface area contributed by atoms with Crippen molar-refractivity contribution in [2.24, 2.45) is 5.73 Å². The Labute approximate surface area is 81.8 Å². The fraction of sp³-hybridized carbons (Fsp3) is 0.875. The topological polar surface area (TPSA) is 64.4 Å². The Morgan fingerprint density at radius 1 is 1.57 bits per heavy atom. The summed E-state index contributed by atoms with van der Waals surface area (Å²) in [5.74, 6) is -0.194. The number of alkyl halides is 2. The summed E-state index contributed by atoms with van der Waals surface area (Å²) in [5.41, 5.74) is 5.37. The minimum atomic E-state index is -2.46. The first-order valence-electron chi connectivity index (χ1n) is 4.40. The van der Waals surface area contributed by atoms with Crippen LogP contribution in [-0.4, -0.2) is 38.1 Å². The Kier molecular flexibility index (Phi) is 7.23. The molecule has 3 N–H and O–H groups in total. The Morgan fingerprint density at radius 3 is 2.71 bits per heavy atom. The standard InChI is InChI=1S/C8H16F2N2O2/c1-6(11)4-8(13)12-2-3-14-5-7(9)10/h6-7H,2-5,11H2,1H3,(H,12,13). The maximum atomic E-state index is 11.6. The molecule has 0 saturated heterocycles. The smallest absolute Gasteiger partial charge is 0.261 e. The summed E-state index contributed by atoms with van der Waals surface area (Å²) < 4.78 is 27.7. The van der Waals surface area contributed by atoms with Crippen LogP contribution in [0.15, 0.2) is 0 Å². The number of amides is 1. The first kappa shape index (κ1) is 13.2. The SMILES string of the molecule is CC(N)CC(=O)NCCOCC(F)F. The first-order valence-corrected chi connectivity index (χ1v) is 4.40. The average Bonchev–Trinajstić information content (AvgIpc) is 2.01.